The van der Waals surface area contributed by atoms with Crippen LogP contribution in [0.25, 0.3) is 0 Å². The molecule has 1 aliphatic rings. The van der Waals surface area contributed by atoms with Gasteiger partial charge in [0.15, 0.2) is 0 Å². The molecule has 0 saturated carbocycles. The summed E-state index contributed by atoms with van der Waals surface area (Å²) in [5, 5.41) is 16.4. The van der Waals surface area contributed by atoms with Crippen LogP contribution in [0.2, 0.25) is 0 Å². The van der Waals surface area contributed by atoms with E-state index >= 15 is 0 Å². The van der Waals surface area contributed by atoms with E-state index in [1.807, 2.05) is 0 Å². The fourth-order valence-electron chi connectivity index (χ4n) is 2.41. The van der Waals surface area contributed by atoms with Gasteiger partial charge >= 0.3 is 0 Å². The number of aliphatic hydroxyl groups excluding tert-OH is 1. The first-order valence-corrected chi connectivity index (χ1v) is 6.78. The fraction of sp³-hybridized carbons (Fsp3) is 1.00. The number of rotatable bonds is 7. The van der Waals surface area contributed by atoms with Gasteiger partial charge in [-0.05, 0) is 51.2 Å². The van der Waals surface area contributed by atoms with Crippen molar-refractivity contribution in [1.82, 2.24) is 10.6 Å². The Morgan fingerprint density at radius 1 is 1.25 bits per heavy atom. The van der Waals surface area contributed by atoms with E-state index in [-0.39, 0.29) is 5.41 Å². The highest BCUT2D eigenvalue weighted by Gasteiger charge is 2.25. The second-order valence-corrected chi connectivity index (χ2v) is 5.19. The highest BCUT2D eigenvalue weighted by atomic mass is 16.3. The van der Waals surface area contributed by atoms with Crippen LogP contribution < -0.4 is 10.6 Å². The highest BCUT2D eigenvalue weighted by Crippen LogP contribution is 2.24. The van der Waals surface area contributed by atoms with Gasteiger partial charge < -0.3 is 15.7 Å². The second kappa shape index (κ2) is 7.25. The summed E-state index contributed by atoms with van der Waals surface area (Å²) in [6.07, 6.45) is 4.69. The van der Waals surface area contributed by atoms with Gasteiger partial charge in [-0.3, -0.25) is 0 Å². The van der Waals surface area contributed by atoms with E-state index in [1.54, 1.807) is 0 Å². The lowest BCUT2D eigenvalue weighted by Gasteiger charge is -2.31. The lowest BCUT2D eigenvalue weighted by atomic mass is 9.83. The lowest BCUT2D eigenvalue weighted by molar-refractivity contribution is 0.111. The summed E-state index contributed by atoms with van der Waals surface area (Å²) in [5.74, 6) is 0.825. The maximum Gasteiger partial charge on any atom is 0.0499 e. The van der Waals surface area contributed by atoms with Crippen molar-refractivity contribution < 1.29 is 5.11 Å². The number of hydrogen-bond donors (Lipinski definition) is 3. The van der Waals surface area contributed by atoms with E-state index in [1.165, 1.54) is 25.9 Å². The van der Waals surface area contributed by atoms with Crippen molar-refractivity contribution >= 4 is 0 Å². The van der Waals surface area contributed by atoms with Crippen molar-refractivity contribution in [2.24, 2.45) is 11.3 Å². The van der Waals surface area contributed by atoms with E-state index in [0.29, 0.717) is 6.61 Å². The predicted octanol–water partition coefficient (Wildman–Crippen LogP) is 1.37. The minimum atomic E-state index is 0.104. The largest absolute Gasteiger partial charge is 0.396 e. The Morgan fingerprint density at radius 3 is 2.38 bits per heavy atom. The van der Waals surface area contributed by atoms with Crippen molar-refractivity contribution in [1.29, 1.82) is 0 Å². The Balaban J connectivity index is 2.21. The Morgan fingerprint density at radius 2 is 1.88 bits per heavy atom. The summed E-state index contributed by atoms with van der Waals surface area (Å²) in [6, 6.07) is 0. The Hall–Kier alpha value is -0.120. The molecule has 1 heterocycles. The number of piperidine rings is 1. The minimum Gasteiger partial charge on any atom is -0.396 e. The third kappa shape index (κ3) is 4.04. The summed E-state index contributed by atoms with van der Waals surface area (Å²) in [6.45, 7) is 9.05. The third-order valence-corrected chi connectivity index (χ3v) is 4.23. The van der Waals surface area contributed by atoms with E-state index < -0.39 is 0 Å². The summed E-state index contributed by atoms with van der Waals surface area (Å²) in [4.78, 5) is 0. The maximum atomic E-state index is 9.46. The van der Waals surface area contributed by atoms with Crippen LogP contribution in [0.1, 0.15) is 39.5 Å². The molecule has 0 radical (unpaired) electrons. The van der Waals surface area contributed by atoms with Crippen LogP contribution >= 0.6 is 0 Å². The standard InChI is InChI=1S/C13H28N2O/c1-3-13(4-2,11-16)10-15-9-12-5-7-14-8-6-12/h12,14-16H,3-11H2,1-2H3. The van der Waals surface area contributed by atoms with Crippen LogP contribution in [0.15, 0.2) is 0 Å². The van der Waals surface area contributed by atoms with Gasteiger partial charge in [0.05, 0.1) is 0 Å². The molecule has 1 rings (SSSR count). The minimum absolute atomic E-state index is 0.104. The van der Waals surface area contributed by atoms with Crippen LogP contribution in [-0.2, 0) is 0 Å². The maximum absolute atomic E-state index is 9.46. The first-order chi connectivity index (χ1) is 7.76. The van der Waals surface area contributed by atoms with Crippen molar-refractivity contribution in [3.8, 4) is 0 Å². The van der Waals surface area contributed by atoms with Gasteiger partial charge in [-0.1, -0.05) is 13.8 Å². The van der Waals surface area contributed by atoms with Crippen LogP contribution in [0.4, 0.5) is 0 Å². The SMILES string of the molecule is CCC(CC)(CO)CNCC1CCNCC1. The molecule has 3 nitrogen and oxygen atoms in total. The monoisotopic (exact) mass is 228 g/mol. The molecule has 1 saturated heterocycles. The summed E-state index contributed by atoms with van der Waals surface area (Å²) in [5.41, 5.74) is 0.104. The number of nitrogens with one attached hydrogen (secondary N) is 2. The van der Waals surface area contributed by atoms with Gasteiger partial charge in [0, 0.05) is 18.6 Å². The van der Waals surface area contributed by atoms with Gasteiger partial charge in [0.2, 0.25) is 0 Å². The van der Waals surface area contributed by atoms with Crippen molar-refractivity contribution in [3.63, 3.8) is 0 Å². The van der Waals surface area contributed by atoms with Gasteiger partial charge in [-0.25, -0.2) is 0 Å². The number of aliphatic hydroxyl groups is 1. The molecule has 1 aliphatic heterocycles. The quantitative estimate of drug-likeness (QED) is 0.617. The molecule has 1 fully saturated rings. The van der Waals surface area contributed by atoms with Gasteiger partial charge in [-0.2, -0.15) is 0 Å². The molecule has 0 spiro atoms. The van der Waals surface area contributed by atoms with E-state index in [2.05, 4.69) is 24.5 Å². The van der Waals surface area contributed by atoms with Crippen LogP contribution in [0, 0.1) is 11.3 Å². The summed E-state index contributed by atoms with van der Waals surface area (Å²) >= 11 is 0. The van der Waals surface area contributed by atoms with Crippen molar-refractivity contribution in [3.05, 3.63) is 0 Å². The van der Waals surface area contributed by atoms with Crippen LogP contribution in [0.5, 0.6) is 0 Å². The average Bonchev–Trinajstić information content (AvgIpc) is 2.37. The molecule has 0 amide bonds. The highest BCUT2D eigenvalue weighted by molar-refractivity contribution is 4.79. The van der Waals surface area contributed by atoms with Crippen molar-refractivity contribution in [2.45, 2.75) is 39.5 Å². The van der Waals surface area contributed by atoms with E-state index in [9.17, 15) is 5.11 Å². The summed E-state index contributed by atoms with van der Waals surface area (Å²) in [7, 11) is 0. The zero-order valence-corrected chi connectivity index (χ0v) is 10.9. The molecule has 0 atom stereocenters. The Kier molecular flexibility index (Phi) is 6.32. The molecular formula is C13H28N2O. The topological polar surface area (TPSA) is 44.3 Å². The fourth-order valence-corrected chi connectivity index (χ4v) is 2.41. The zero-order chi connectivity index (χ0) is 11.9. The zero-order valence-electron chi connectivity index (χ0n) is 10.9. The van der Waals surface area contributed by atoms with Gasteiger partial charge in [0.25, 0.3) is 0 Å². The van der Waals surface area contributed by atoms with E-state index in [4.69, 9.17) is 0 Å². The van der Waals surface area contributed by atoms with Crippen LogP contribution in [-0.4, -0.2) is 37.9 Å². The Labute approximate surface area is 100 Å². The average molecular weight is 228 g/mol. The summed E-state index contributed by atoms with van der Waals surface area (Å²) < 4.78 is 0. The van der Waals surface area contributed by atoms with Gasteiger partial charge in [0.1, 0.15) is 0 Å². The molecule has 0 aromatic heterocycles. The molecule has 0 aliphatic carbocycles. The smallest absolute Gasteiger partial charge is 0.0499 e. The van der Waals surface area contributed by atoms with Gasteiger partial charge in [-0.15, -0.1) is 0 Å². The molecule has 0 aromatic carbocycles. The van der Waals surface area contributed by atoms with Crippen molar-refractivity contribution in [2.75, 3.05) is 32.8 Å². The molecule has 3 N–H and O–H groups in total. The molecule has 0 unspecified atom stereocenters. The normalized spacial score (nSPS) is 18.9. The third-order valence-electron chi connectivity index (χ3n) is 4.23. The second-order valence-electron chi connectivity index (χ2n) is 5.19. The lowest BCUT2D eigenvalue weighted by Crippen LogP contribution is -2.40. The molecule has 3 heteroatoms. The molecule has 96 valence electrons. The van der Waals surface area contributed by atoms with E-state index in [0.717, 1.165) is 31.8 Å². The number of hydrogen-bond acceptors (Lipinski definition) is 3. The first-order valence-electron chi connectivity index (χ1n) is 6.78. The molecular weight excluding hydrogens is 200 g/mol. The Bertz CT molecular complexity index is 167. The predicted molar refractivity (Wildman–Crippen MR) is 68.6 cm³/mol. The molecule has 0 aromatic rings. The van der Waals surface area contributed by atoms with Crippen LogP contribution in [0.3, 0.4) is 0 Å². The molecule has 16 heavy (non-hydrogen) atoms. The first kappa shape index (κ1) is 13.9. The molecule has 0 bridgehead atoms.